The van der Waals surface area contributed by atoms with Gasteiger partial charge in [0.05, 0.1) is 29.0 Å². The summed E-state index contributed by atoms with van der Waals surface area (Å²) in [4.78, 5) is 13.0. The zero-order chi connectivity index (χ0) is 25.1. The van der Waals surface area contributed by atoms with Crippen LogP contribution < -0.4 is 5.32 Å². The minimum absolute atomic E-state index is 0.338. The molecular formula is C24H24F4N2O3S. The molecule has 1 fully saturated rings. The summed E-state index contributed by atoms with van der Waals surface area (Å²) in [7, 11) is -4.01. The number of nitrogens with zero attached hydrogens (tertiary/aromatic N) is 1. The maximum absolute atomic E-state index is 13.9. The van der Waals surface area contributed by atoms with Gasteiger partial charge in [0, 0.05) is 6.42 Å². The Hall–Kier alpha value is -2.77. The minimum atomic E-state index is -4.89. The van der Waals surface area contributed by atoms with E-state index in [-0.39, 0.29) is 12.0 Å². The number of nitrogens with one attached hydrogen (secondary N) is 1. The minimum Gasteiger partial charge on any atom is -0.298 e. The van der Waals surface area contributed by atoms with E-state index in [4.69, 9.17) is 0 Å². The summed E-state index contributed by atoms with van der Waals surface area (Å²) in [6.07, 6.45) is -4.36. The van der Waals surface area contributed by atoms with Crippen LogP contribution in [-0.4, -0.2) is 32.2 Å². The number of alkyl halides is 3. The molecular weight excluding hydrogens is 472 g/mol. The van der Waals surface area contributed by atoms with E-state index in [9.17, 15) is 36.0 Å². The van der Waals surface area contributed by atoms with Gasteiger partial charge in [0.1, 0.15) is 11.9 Å². The van der Waals surface area contributed by atoms with Gasteiger partial charge in [-0.3, -0.25) is 10.1 Å². The van der Waals surface area contributed by atoms with Gasteiger partial charge in [-0.05, 0) is 43.0 Å². The van der Waals surface area contributed by atoms with Crippen LogP contribution in [-0.2, 0) is 20.4 Å². The molecule has 0 radical (unpaired) electrons. The SMILES string of the molecule is Cc1ccc(CS(=O)(=O)C[C@H](N[C@@H](c2ccc(F)cc2)C(F)(F)F)C(=O)CC2(C#N)CC2)cc1. The maximum Gasteiger partial charge on any atom is 0.407 e. The summed E-state index contributed by atoms with van der Waals surface area (Å²) in [6, 6.07) is 8.11. The van der Waals surface area contributed by atoms with Gasteiger partial charge < -0.3 is 0 Å². The van der Waals surface area contributed by atoms with E-state index in [0.717, 1.165) is 29.8 Å². The normalized spacial score (nSPS) is 16.9. The quantitative estimate of drug-likeness (QED) is 0.487. The molecule has 0 aromatic heterocycles. The van der Waals surface area contributed by atoms with Crippen molar-refractivity contribution in [3.63, 3.8) is 0 Å². The predicted molar refractivity (Wildman–Crippen MR) is 118 cm³/mol. The van der Waals surface area contributed by atoms with Crippen LogP contribution in [0.25, 0.3) is 0 Å². The number of rotatable bonds is 10. The van der Waals surface area contributed by atoms with E-state index in [1.165, 1.54) is 0 Å². The lowest BCUT2D eigenvalue weighted by atomic mass is 9.96. The number of Topliss-reactive ketones (excluding diaryl/α,β-unsaturated/α-hetero) is 1. The van der Waals surface area contributed by atoms with E-state index in [1.54, 1.807) is 24.3 Å². The van der Waals surface area contributed by atoms with Crippen molar-refractivity contribution in [1.29, 1.82) is 5.26 Å². The zero-order valence-corrected chi connectivity index (χ0v) is 19.2. The molecule has 1 saturated carbocycles. The molecule has 0 saturated heterocycles. The Labute approximate surface area is 195 Å². The molecule has 2 aromatic carbocycles. The molecule has 2 aromatic rings. The molecule has 0 spiro atoms. The first kappa shape index (κ1) is 25.8. The predicted octanol–water partition coefficient (Wildman–Crippen LogP) is 4.57. The van der Waals surface area contributed by atoms with Gasteiger partial charge in [-0.2, -0.15) is 18.4 Å². The highest BCUT2D eigenvalue weighted by molar-refractivity contribution is 7.90. The lowest BCUT2D eigenvalue weighted by molar-refractivity contribution is -0.160. The Morgan fingerprint density at radius 3 is 2.21 bits per heavy atom. The van der Waals surface area contributed by atoms with Crippen molar-refractivity contribution in [2.24, 2.45) is 5.41 Å². The zero-order valence-electron chi connectivity index (χ0n) is 18.4. The van der Waals surface area contributed by atoms with Crippen LogP contribution in [0.2, 0.25) is 0 Å². The second kappa shape index (κ2) is 9.84. The van der Waals surface area contributed by atoms with Crippen molar-refractivity contribution in [1.82, 2.24) is 5.32 Å². The van der Waals surface area contributed by atoms with Crippen LogP contribution in [0.5, 0.6) is 0 Å². The summed E-state index contributed by atoms with van der Waals surface area (Å²) < 4.78 is 80.7. The van der Waals surface area contributed by atoms with Gasteiger partial charge in [0.25, 0.3) is 0 Å². The Morgan fingerprint density at radius 1 is 1.12 bits per heavy atom. The van der Waals surface area contributed by atoms with Crippen LogP contribution in [0.15, 0.2) is 48.5 Å². The third-order valence-corrected chi connectivity index (χ3v) is 7.43. The standard InChI is InChI=1S/C24H24F4N2O3S/c1-16-2-4-17(5-3-16)13-34(32,33)14-20(21(31)12-23(15-29)10-11-23)30-22(24(26,27)28)18-6-8-19(25)9-7-18/h2-9,20,22,30H,10-14H2,1H3/t20-,22-/m0/s1. The molecule has 0 aliphatic heterocycles. The topological polar surface area (TPSA) is 87.0 Å². The number of hydrogen-bond acceptors (Lipinski definition) is 5. The molecule has 5 nitrogen and oxygen atoms in total. The summed E-state index contributed by atoms with van der Waals surface area (Å²) >= 11 is 0. The van der Waals surface area contributed by atoms with E-state index >= 15 is 0 Å². The molecule has 1 aliphatic carbocycles. The monoisotopic (exact) mass is 496 g/mol. The number of aryl methyl sites for hydroxylation is 1. The highest BCUT2D eigenvalue weighted by Crippen LogP contribution is 2.48. The van der Waals surface area contributed by atoms with Crippen molar-refractivity contribution < 1.29 is 30.8 Å². The molecule has 34 heavy (non-hydrogen) atoms. The Bertz CT molecular complexity index is 1170. The third-order valence-electron chi connectivity index (χ3n) is 5.82. The number of carbonyl (C=O) groups excluding carboxylic acids is 1. The molecule has 2 atom stereocenters. The van der Waals surface area contributed by atoms with E-state index in [2.05, 4.69) is 5.32 Å². The number of sulfone groups is 1. The molecule has 1 N–H and O–H groups in total. The van der Waals surface area contributed by atoms with E-state index in [0.29, 0.717) is 18.4 Å². The second-order valence-electron chi connectivity index (χ2n) is 8.82. The largest absolute Gasteiger partial charge is 0.407 e. The summed E-state index contributed by atoms with van der Waals surface area (Å²) in [5.41, 5.74) is 0.0401. The number of ketones is 1. The average molecular weight is 497 g/mol. The first-order chi connectivity index (χ1) is 15.8. The second-order valence-corrected chi connectivity index (χ2v) is 10.9. The highest BCUT2D eigenvalue weighted by atomic mass is 32.2. The number of benzene rings is 2. The first-order valence-electron chi connectivity index (χ1n) is 10.6. The number of halogens is 4. The smallest absolute Gasteiger partial charge is 0.298 e. The van der Waals surface area contributed by atoms with Crippen LogP contribution in [0.3, 0.4) is 0 Å². The van der Waals surface area contributed by atoms with Gasteiger partial charge in [-0.25, -0.2) is 12.8 Å². The fourth-order valence-corrected chi connectivity index (χ4v) is 5.27. The summed E-state index contributed by atoms with van der Waals surface area (Å²) in [5.74, 6) is -2.82. The van der Waals surface area contributed by atoms with Crippen molar-refractivity contribution in [2.75, 3.05) is 5.75 Å². The maximum atomic E-state index is 13.9. The molecule has 1 aliphatic rings. The van der Waals surface area contributed by atoms with Gasteiger partial charge in [-0.15, -0.1) is 0 Å². The van der Waals surface area contributed by atoms with Gasteiger partial charge in [0.2, 0.25) is 0 Å². The Morgan fingerprint density at radius 2 is 1.71 bits per heavy atom. The van der Waals surface area contributed by atoms with Crippen LogP contribution >= 0.6 is 0 Å². The summed E-state index contributed by atoms with van der Waals surface area (Å²) in [6.45, 7) is 1.83. The fraction of sp³-hybridized carbons (Fsp3) is 0.417. The highest BCUT2D eigenvalue weighted by Gasteiger charge is 2.48. The fourth-order valence-electron chi connectivity index (χ4n) is 3.66. The molecule has 10 heteroatoms. The summed E-state index contributed by atoms with van der Waals surface area (Å²) in [5, 5.41) is 11.5. The van der Waals surface area contributed by atoms with Crippen molar-refractivity contribution >= 4 is 15.6 Å². The van der Waals surface area contributed by atoms with E-state index < -0.39 is 56.6 Å². The van der Waals surface area contributed by atoms with Crippen LogP contribution in [0.4, 0.5) is 17.6 Å². The molecule has 0 bridgehead atoms. The lowest BCUT2D eigenvalue weighted by Gasteiger charge is -2.27. The van der Waals surface area contributed by atoms with Crippen molar-refractivity contribution in [3.05, 3.63) is 71.0 Å². The van der Waals surface area contributed by atoms with Gasteiger partial charge >= 0.3 is 6.18 Å². The van der Waals surface area contributed by atoms with Crippen LogP contribution in [0, 0.1) is 29.5 Å². The number of nitriles is 1. The molecule has 3 rings (SSSR count). The first-order valence-corrected chi connectivity index (χ1v) is 12.4. The van der Waals surface area contributed by atoms with Crippen molar-refractivity contribution in [3.8, 4) is 6.07 Å². The molecule has 0 heterocycles. The molecule has 0 amide bonds. The molecule has 182 valence electrons. The van der Waals surface area contributed by atoms with Crippen molar-refractivity contribution in [2.45, 2.75) is 50.2 Å². The van der Waals surface area contributed by atoms with Gasteiger partial charge in [-0.1, -0.05) is 42.0 Å². The average Bonchev–Trinajstić information content (AvgIpc) is 3.52. The molecule has 0 unspecified atom stereocenters. The Kier molecular flexibility index (Phi) is 7.48. The Balaban J connectivity index is 1.88. The number of hydrogen-bond donors (Lipinski definition) is 1. The lowest BCUT2D eigenvalue weighted by Crippen LogP contribution is -2.48. The third kappa shape index (κ3) is 6.87. The van der Waals surface area contributed by atoms with Gasteiger partial charge in [0.15, 0.2) is 15.6 Å². The number of carbonyl (C=O) groups is 1. The van der Waals surface area contributed by atoms with Crippen LogP contribution in [0.1, 0.15) is 42.0 Å². The van der Waals surface area contributed by atoms with E-state index in [1.807, 2.05) is 13.0 Å².